The summed E-state index contributed by atoms with van der Waals surface area (Å²) in [6, 6.07) is 16.5. The molecule has 7 nitrogen and oxygen atoms in total. The minimum atomic E-state index is -0.587. The molecule has 1 aliphatic rings. The summed E-state index contributed by atoms with van der Waals surface area (Å²) in [5, 5.41) is 8.03. The van der Waals surface area contributed by atoms with Gasteiger partial charge in [0.15, 0.2) is 11.7 Å². The fourth-order valence-corrected chi connectivity index (χ4v) is 4.64. The van der Waals surface area contributed by atoms with Crippen LogP contribution < -0.4 is 15.4 Å². The van der Waals surface area contributed by atoms with E-state index in [0.717, 1.165) is 24.9 Å². The van der Waals surface area contributed by atoms with Gasteiger partial charge in [0, 0.05) is 36.5 Å². The summed E-state index contributed by atoms with van der Waals surface area (Å²) in [4.78, 5) is 10.7. The van der Waals surface area contributed by atoms with Crippen LogP contribution in [0.15, 0.2) is 73.2 Å². The SMILES string of the molecule is NC[C@H]1CCCN1c1c(/C=C(\F)c2nccc(-c3ccnnc3)n2)ccc(Oc2ccccc2)c1Cl. The maximum absolute atomic E-state index is 15.5. The molecule has 1 atom stereocenters. The van der Waals surface area contributed by atoms with Gasteiger partial charge >= 0.3 is 0 Å². The van der Waals surface area contributed by atoms with E-state index < -0.39 is 5.83 Å². The van der Waals surface area contributed by atoms with Gasteiger partial charge in [0.05, 0.1) is 23.8 Å². The smallest absolute Gasteiger partial charge is 0.189 e. The lowest BCUT2D eigenvalue weighted by Gasteiger charge is -2.29. The summed E-state index contributed by atoms with van der Waals surface area (Å²) in [6.45, 7) is 1.23. The second kappa shape index (κ2) is 10.8. The molecule has 4 aromatic rings. The minimum Gasteiger partial charge on any atom is -0.456 e. The van der Waals surface area contributed by atoms with Gasteiger partial charge in [-0.05, 0) is 55.3 Å². The van der Waals surface area contributed by atoms with Gasteiger partial charge in [0.1, 0.15) is 16.5 Å². The van der Waals surface area contributed by atoms with Crippen molar-refractivity contribution in [2.75, 3.05) is 18.0 Å². The van der Waals surface area contributed by atoms with Crippen LogP contribution in [-0.2, 0) is 0 Å². The molecule has 0 unspecified atom stereocenters. The molecule has 2 aromatic carbocycles. The third-order valence-corrected chi connectivity index (χ3v) is 6.42. The summed E-state index contributed by atoms with van der Waals surface area (Å²) in [7, 11) is 0. The number of hydrogen-bond acceptors (Lipinski definition) is 7. The Balaban J connectivity index is 1.55. The van der Waals surface area contributed by atoms with Gasteiger partial charge in [-0.1, -0.05) is 29.8 Å². The van der Waals surface area contributed by atoms with Gasteiger partial charge in [0.25, 0.3) is 0 Å². The molecule has 3 heterocycles. The lowest BCUT2D eigenvalue weighted by Crippen LogP contribution is -2.36. The minimum absolute atomic E-state index is 0.0345. The molecule has 0 saturated carbocycles. The van der Waals surface area contributed by atoms with Gasteiger partial charge in [-0.2, -0.15) is 10.2 Å². The molecule has 1 aliphatic heterocycles. The molecule has 0 amide bonds. The van der Waals surface area contributed by atoms with Crippen molar-refractivity contribution in [3.63, 3.8) is 0 Å². The second-order valence-electron chi connectivity index (χ2n) is 8.34. The molecule has 9 heteroatoms. The molecule has 1 saturated heterocycles. The van der Waals surface area contributed by atoms with E-state index in [-0.39, 0.29) is 11.9 Å². The number of anilines is 1. The Hall–Kier alpha value is -3.88. The average molecular weight is 503 g/mol. The van der Waals surface area contributed by atoms with Crippen molar-refractivity contribution >= 4 is 29.2 Å². The first kappa shape index (κ1) is 23.8. The predicted octanol–water partition coefficient (Wildman–Crippen LogP) is 5.77. The lowest BCUT2D eigenvalue weighted by molar-refractivity contribution is 0.482. The molecule has 182 valence electrons. The maximum atomic E-state index is 15.5. The van der Waals surface area contributed by atoms with Gasteiger partial charge in [0.2, 0.25) is 0 Å². The molecular formula is C27H24ClFN6O. The van der Waals surface area contributed by atoms with Crippen LogP contribution in [0.3, 0.4) is 0 Å². The quantitative estimate of drug-likeness (QED) is 0.343. The van der Waals surface area contributed by atoms with Crippen LogP contribution in [0.25, 0.3) is 23.2 Å². The van der Waals surface area contributed by atoms with E-state index in [2.05, 4.69) is 25.1 Å². The van der Waals surface area contributed by atoms with Crippen LogP contribution in [-0.4, -0.2) is 39.3 Å². The van der Waals surface area contributed by atoms with Crippen molar-refractivity contribution in [3.05, 3.63) is 89.6 Å². The van der Waals surface area contributed by atoms with Crippen LogP contribution in [0.5, 0.6) is 11.5 Å². The highest BCUT2D eigenvalue weighted by molar-refractivity contribution is 6.35. The number of benzene rings is 2. The number of halogens is 2. The van der Waals surface area contributed by atoms with E-state index in [1.54, 1.807) is 36.7 Å². The first-order chi connectivity index (χ1) is 17.6. The van der Waals surface area contributed by atoms with E-state index >= 15 is 4.39 Å². The maximum Gasteiger partial charge on any atom is 0.189 e. The third-order valence-electron chi connectivity index (χ3n) is 6.05. The Labute approximate surface area is 213 Å². The van der Waals surface area contributed by atoms with Crippen molar-refractivity contribution < 1.29 is 9.13 Å². The Morgan fingerprint density at radius 3 is 2.75 bits per heavy atom. The fourth-order valence-electron chi connectivity index (χ4n) is 4.32. The van der Waals surface area contributed by atoms with Gasteiger partial charge in [-0.25, -0.2) is 14.4 Å². The molecule has 0 aliphatic carbocycles. The zero-order valence-electron chi connectivity index (χ0n) is 19.4. The normalized spacial score (nSPS) is 15.8. The largest absolute Gasteiger partial charge is 0.456 e. The molecule has 0 radical (unpaired) electrons. The second-order valence-corrected chi connectivity index (χ2v) is 8.72. The number of hydrogen-bond donors (Lipinski definition) is 1. The van der Waals surface area contributed by atoms with Crippen LogP contribution in [0.2, 0.25) is 5.02 Å². The molecule has 36 heavy (non-hydrogen) atoms. The van der Waals surface area contributed by atoms with E-state index in [4.69, 9.17) is 22.1 Å². The van der Waals surface area contributed by atoms with Gasteiger partial charge in [-0.3, -0.25) is 0 Å². The fraction of sp³-hybridized carbons (Fsp3) is 0.185. The van der Waals surface area contributed by atoms with Crippen molar-refractivity contribution in [1.29, 1.82) is 0 Å². The Morgan fingerprint density at radius 1 is 1.11 bits per heavy atom. The summed E-state index contributed by atoms with van der Waals surface area (Å²) >= 11 is 6.90. The highest BCUT2D eigenvalue weighted by atomic mass is 35.5. The first-order valence-electron chi connectivity index (χ1n) is 11.6. The predicted molar refractivity (Wildman–Crippen MR) is 139 cm³/mol. The summed E-state index contributed by atoms with van der Waals surface area (Å²) in [5.74, 6) is 0.526. The number of para-hydroxylation sites is 1. The highest BCUT2D eigenvalue weighted by Crippen LogP contribution is 2.43. The molecule has 0 bridgehead atoms. The van der Waals surface area contributed by atoms with E-state index in [1.807, 2.05) is 30.3 Å². The lowest BCUT2D eigenvalue weighted by atomic mass is 10.1. The average Bonchev–Trinajstić information content (AvgIpc) is 3.40. The number of rotatable bonds is 7. The van der Waals surface area contributed by atoms with Crippen molar-refractivity contribution in [2.24, 2.45) is 5.73 Å². The van der Waals surface area contributed by atoms with Crippen molar-refractivity contribution in [2.45, 2.75) is 18.9 Å². The molecular weight excluding hydrogens is 479 g/mol. The number of ether oxygens (including phenoxy) is 1. The third kappa shape index (κ3) is 5.05. The standard InChI is InChI=1S/C27H24ClFN6O/c28-25-24(36-21-6-2-1-3-7-21)9-8-18(26(25)35-14-4-5-20(35)16-30)15-22(29)27-31-12-11-23(34-27)19-10-13-32-33-17-19/h1-3,6-13,15,17,20H,4-5,14,16,30H2/b22-15-/t20-/m1/s1. The molecule has 2 N–H and O–H groups in total. The first-order valence-corrected chi connectivity index (χ1v) is 12.0. The van der Waals surface area contributed by atoms with Crippen LogP contribution in [0, 0.1) is 0 Å². The highest BCUT2D eigenvalue weighted by Gasteiger charge is 2.28. The summed E-state index contributed by atoms with van der Waals surface area (Å²) in [6.07, 6.45) is 7.95. The molecule has 2 aromatic heterocycles. The van der Waals surface area contributed by atoms with Gasteiger partial charge < -0.3 is 15.4 Å². The van der Waals surface area contributed by atoms with Gasteiger partial charge in [-0.15, -0.1) is 0 Å². The zero-order valence-corrected chi connectivity index (χ0v) is 20.1. The molecule has 5 rings (SSSR count). The van der Waals surface area contributed by atoms with Crippen molar-refractivity contribution in [3.8, 4) is 22.8 Å². The van der Waals surface area contributed by atoms with Crippen LogP contribution in [0.4, 0.5) is 10.1 Å². The number of nitrogens with two attached hydrogens (primary N) is 1. The van der Waals surface area contributed by atoms with Crippen LogP contribution in [0.1, 0.15) is 24.2 Å². The van der Waals surface area contributed by atoms with Crippen molar-refractivity contribution in [1.82, 2.24) is 20.2 Å². The zero-order chi connectivity index (χ0) is 24.9. The van der Waals surface area contributed by atoms with E-state index in [9.17, 15) is 0 Å². The Morgan fingerprint density at radius 2 is 1.97 bits per heavy atom. The van der Waals surface area contributed by atoms with Crippen LogP contribution >= 0.6 is 11.6 Å². The number of aromatic nitrogens is 4. The van der Waals surface area contributed by atoms with E-state index in [1.165, 1.54) is 12.3 Å². The number of nitrogens with zero attached hydrogens (tertiary/aromatic N) is 5. The summed E-state index contributed by atoms with van der Waals surface area (Å²) < 4.78 is 21.6. The van der Waals surface area contributed by atoms with E-state index in [0.29, 0.717) is 40.0 Å². The topological polar surface area (TPSA) is 90.1 Å². The Kier molecular flexibility index (Phi) is 7.16. The molecule has 1 fully saturated rings. The monoisotopic (exact) mass is 502 g/mol. The summed E-state index contributed by atoms with van der Waals surface area (Å²) in [5.41, 5.74) is 8.60. The Bertz CT molecular complexity index is 1370. The molecule has 0 spiro atoms.